The standard InChI is InChI=1S/C22H24FN3OS/c1-14-11-15(2)17(16(3)12-14)13-20(27)25-7-9-26(10-8-25)22-24-21-18(23)5-4-6-19(21)28-22/h4-6,11-12H,7-10,13H2,1-3H3. The molecule has 1 saturated heterocycles. The zero-order valence-corrected chi connectivity index (χ0v) is 17.3. The number of rotatable bonds is 3. The number of benzene rings is 2. The van der Waals surface area contributed by atoms with E-state index in [0.717, 1.165) is 28.5 Å². The molecular formula is C22H24FN3OS. The van der Waals surface area contributed by atoms with Gasteiger partial charge in [0.25, 0.3) is 0 Å². The molecule has 0 spiro atoms. The number of fused-ring (bicyclic) bond motifs is 1. The van der Waals surface area contributed by atoms with Crippen LogP contribution in [0.5, 0.6) is 0 Å². The van der Waals surface area contributed by atoms with Crippen molar-refractivity contribution in [2.45, 2.75) is 27.2 Å². The molecule has 3 aromatic rings. The minimum absolute atomic E-state index is 0.171. The van der Waals surface area contributed by atoms with E-state index in [-0.39, 0.29) is 11.7 Å². The van der Waals surface area contributed by atoms with Gasteiger partial charge in [0, 0.05) is 26.2 Å². The van der Waals surface area contributed by atoms with Crippen molar-refractivity contribution in [3.8, 4) is 0 Å². The number of piperazine rings is 1. The summed E-state index contributed by atoms with van der Waals surface area (Å²) in [6.45, 7) is 9.01. The molecule has 4 nitrogen and oxygen atoms in total. The summed E-state index contributed by atoms with van der Waals surface area (Å²) in [6, 6.07) is 9.33. The number of amides is 1. The third-order valence-electron chi connectivity index (χ3n) is 5.43. The molecule has 0 N–H and O–H groups in total. The van der Waals surface area contributed by atoms with Gasteiger partial charge in [0.05, 0.1) is 11.1 Å². The van der Waals surface area contributed by atoms with Crippen LogP contribution in [0, 0.1) is 26.6 Å². The maximum absolute atomic E-state index is 13.9. The SMILES string of the molecule is Cc1cc(C)c(CC(=O)N2CCN(c3nc4c(F)cccc4s3)CC2)c(C)c1. The van der Waals surface area contributed by atoms with Crippen molar-refractivity contribution in [3.63, 3.8) is 0 Å². The largest absolute Gasteiger partial charge is 0.345 e. The fourth-order valence-electron chi connectivity index (χ4n) is 3.94. The molecule has 0 saturated carbocycles. The Bertz CT molecular complexity index is 1010. The van der Waals surface area contributed by atoms with Gasteiger partial charge < -0.3 is 9.80 Å². The number of hydrogen-bond donors (Lipinski definition) is 0. The van der Waals surface area contributed by atoms with E-state index in [1.165, 1.54) is 34.1 Å². The Kier molecular flexibility index (Phi) is 5.06. The summed E-state index contributed by atoms with van der Waals surface area (Å²) in [7, 11) is 0. The van der Waals surface area contributed by atoms with Crippen molar-refractivity contribution >= 4 is 32.6 Å². The molecule has 1 fully saturated rings. The van der Waals surface area contributed by atoms with E-state index in [2.05, 4.69) is 42.8 Å². The quantitative estimate of drug-likeness (QED) is 0.663. The molecule has 0 bridgehead atoms. The van der Waals surface area contributed by atoms with Gasteiger partial charge in [-0.2, -0.15) is 0 Å². The van der Waals surface area contributed by atoms with E-state index in [0.29, 0.717) is 25.0 Å². The third-order valence-corrected chi connectivity index (χ3v) is 6.51. The lowest BCUT2D eigenvalue weighted by Crippen LogP contribution is -2.49. The zero-order valence-electron chi connectivity index (χ0n) is 16.5. The second-order valence-corrected chi connectivity index (χ2v) is 8.51. The maximum atomic E-state index is 13.9. The van der Waals surface area contributed by atoms with Crippen LogP contribution >= 0.6 is 11.3 Å². The number of thiazole rings is 1. The second kappa shape index (κ2) is 7.51. The predicted octanol–water partition coefficient (Wildman–Crippen LogP) is 4.25. The monoisotopic (exact) mass is 397 g/mol. The Morgan fingerprint density at radius 3 is 2.43 bits per heavy atom. The molecule has 1 aromatic heterocycles. The van der Waals surface area contributed by atoms with E-state index < -0.39 is 0 Å². The molecule has 146 valence electrons. The average Bonchev–Trinajstić information content (AvgIpc) is 3.10. The van der Waals surface area contributed by atoms with Gasteiger partial charge in [-0.25, -0.2) is 9.37 Å². The number of carbonyl (C=O) groups is 1. The molecule has 0 unspecified atom stereocenters. The lowest BCUT2D eigenvalue weighted by atomic mass is 9.97. The molecule has 2 heterocycles. The molecule has 0 radical (unpaired) electrons. The summed E-state index contributed by atoms with van der Waals surface area (Å²) in [4.78, 5) is 21.4. The van der Waals surface area contributed by atoms with Crippen molar-refractivity contribution in [1.29, 1.82) is 0 Å². The first-order chi connectivity index (χ1) is 13.4. The van der Waals surface area contributed by atoms with Crippen LogP contribution in [0.4, 0.5) is 9.52 Å². The number of hydrogen-bond acceptors (Lipinski definition) is 4. The first kappa shape index (κ1) is 18.9. The Morgan fingerprint density at radius 1 is 1.11 bits per heavy atom. The summed E-state index contributed by atoms with van der Waals surface area (Å²) in [5.41, 5.74) is 5.17. The number of aryl methyl sites for hydroxylation is 3. The summed E-state index contributed by atoms with van der Waals surface area (Å²) >= 11 is 1.51. The van der Waals surface area contributed by atoms with E-state index in [9.17, 15) is 9.18 Å². The fourth-order valence-corrected chi connectivity index (χ4v) is 4.97. The van der Waals surface area contributed by atoms with Crippen molar-refractivity contribution < 1.29 is 9.18 Å². The predicted molar refractivity (Wildman–Crippen MR) is 113 cm³/mol. The van der Waals surface area contributed by atoms with Crippen molar-refractivity contribution in [2.75, 3.05) is 31.1 Å². The highest BCUT2D eigenvalue weighted by molar-refractivity contribution is 7.22. The highest BCUT2D eigenvalue weighted by Crippen LogP contribution is 2.30. The Morgan fingerprint density at radius 2 is 1.79 bits per heavy atom. The number of carbonyl (C=O) groups excluding carboxylic acids is 1. The first-order valence-electron chi connectivity index (χ1n) is 9.57. The molecule has 6 heteroatoms. The number of aromatic nitrogens is 1. The third kappa shape index (κ3) is 3.61. The summed E-state index contributed by atoms with van der Waals surface area (Å²) in [6.07, 6.45) is 0.449. The fraction of sp³-hybridized carbons (Fsp3) is 0.364. The van der Waals surface area contributed by atoms with Crippen LogP contribution in [0.25, 0.3) is 10.2 Å². The molecule has 28 heavy (non-hydrogen) atoms. The first-order valence-corrected chi connectivity index (χ1v) is 10.4. The highest BCUT2D eigenvalue weighted by atomic mass is 32.1. The number of halogens is 1. The zero-order chi connectivity index (χ0) is 19.8. The van der Waals surface area contributed by atoms with Gasteiger partial charge in [-0.05, 0) is 49.6 Å². The van der Waals surface area contributed by atoms with Crippen LogP contribution < -0.4 is 4.90 Å². The highest BCUT2D eigenvalue weighted by Gasteiger charge is 2.24. The molecule has 1 aliphatic rings. The molecule has 2 aromatic carbocycles. The van der Waals surface area contributed by atoms with Gasteiger partial charge in [-0.15, -0.1) is 0 Å². The van der Waals surface area contributed by atoms with Gasteiger partial charge >= 0.3 is 0 Å². The second-order valence-electron chi connectivity index (χ2n) is 7.50. The van der Waals surface area contributed by atoms with Crippen LogP contribution in [0.15, 0.2) is 30.3 Å². The van der Waals surface area contributed by atoms with Crippen molar-refractivity contribution in [3.05, 3.63) is 58.4 Å². The van der Waals surface area contributed by atoms with E-state index in [1.54, 1.807) is 6.07 Å². The maximum Gasteiger partial charge on any atom is 0.227 e. The Hall–Kier alpha value is -2.47. The van der Waals surface area contributed by atoms with Gasteiger partial charge in [-0.3, -0.25) is 4.79 Å². The minimum Gasteiger partial charge on any atom is -0.345 e. The Labute approximate surface area is 168 Å². The van der Waals surface area contributed by atoms with Gasteiger partial charge in [-0.1, -0.05) is 35.1 Å². The molecule has 4 rings (SSSR count). The average molecular weight is 398 g/mol. The normalized spacial score (nSPS) is 14.7. The molecule has 0 atom stereocenters. The lowest BCUT2D eigenvalue weighted by molar-refractivity contribution is -0.130. The van der Waals surface area contributed by atoms with Gasteiger partial charge in [0.2, 0.25) is 5.91 Å². The summed E-state index contributed by atoms with van der Waals surface area (Å²) in [5.74, 6) is -0.109. The summed E-state index contributed by atoms with van der Waals surface area (Å²) < 4.78 is 14.8. The number of nitrogens with zero attached hydrogens (tertiary/aromatic N) is 3. The van der Waals surface area contributed by atoms with Crippen LogP contribution in [0.2, 0.25) is 0 Å². The van der Waals surface area contributed by atoms with Gasteiger partial charge in [0.15, 0.2) is 5.13 Å². The van der Waals surface area contributed by atoms with Crippen LogP contribution in [0.3, 0.4) is 0 Å². The van der Waals surface area contributed by atoms with Crippen LogP contribution in [0.1, 0.15) is 22.3 Å². The van der Waals surface area contributed by atoms with E-state index in [4.69, 9.17) is 0 Å². The van der Waals surface area contributed by atoms with Gasteiger partial charge in [0.1, 0.15) is 11.3 Å². The Balaban J connectivity index is 1.42. The minimum atomic E-state index is -0.280. The lowest BCUT2D eigenvalue weighted by Gasteiger charge is -2.34. The topological polar surface area (TPSA) is 36.4 Å². The smallest absolute Gasteiger partial charge is 0.227 e. The van der Waals surface area contributed by atoms with E-state index >= 15 is 0 Å². The molecule has 0 aliphatic carbocycles. The molecule has 1 aliphatic heterocycles. The van der Waals surface area contributed by atoms with E-state index in [1.807, 2.05) is 11.0 Å². The van der Waals surface area contributed by atoms with Crippen LogP contribution in [-0.2, 0) is 11.2 Å². The summed E-state index contributed by atoms with van der Waals surface area (Å²) in [5, 5.41) is 0.831. The number of anilines is 1. The number of para-hydroxylation sites is 1. The van der Waals surface area contributed by atoms with Crippen molar-refractivity contribution in [1.82, 2.24) is 9.88 Å². The molecule has 1 amide bonds. The van der Waals surface area contributed by atoms with Crippen molar-refractivity contribution in [2.24, 2.45) is 0 Å². The molecular weight excluding hydrogens is 373 g/mol. The van der Waals surface area contributed by atoms with Crippen LogP contribution in [-0.4, -0.2) is 42.0 Å².